The van der Waals surface area contributed by atoms with Crippen LogP contribution in [0.3, 0.4) is 0 Å². The molecular weight excluding hydrogens is 413 g/mol. The lowest BCUT2D eigenvalue weighted by molar-refractivity contribution is 0.0187. The highest BCUT2D eigenvalue weighted by Crippen LogP contribution is 2.26. The fourth-order valence-corrected chi connectivity index (χ4v) is 3.91. The van der Waals surface area contributed by atoms with Crippen molar-refractivity contribution in [3.05, 3.63) is 59.4 Å². The number of ether oxygens (including phenoxy) is 2. The third kappa shape index (κ3) is 5.33. The van der Waals surface area contributed by atoms with Crippen LogP contribution in [0.25, 0.3) is 0 Å². The van der Waals surface area contributed by atoms with Gasteiger partial charge in [-0.1, -0.05) is 12.1 Å². The maximum atomic E-state index is 13.4. The maximum Gasteiger partial charge on any atom is 0.340 e. The van der Waals surface area contributed by atoms with Crippen molar-refractivity contribution in [3.8, 4) is 0 Å². The van der Waals surface area contributed by atoms with E-state index in [0.29, 0.717) is 38.5 Å². The van der Waals surface area contributed by atoms with Crippen LogP contribution >= 0.6 is 0 Å². The highest BCUT2D eigenvalue weighted by Gasteiger charge is 2.24. The van der Waals surface area contributed by atoms with Crippen LogP contribution in [0, 0.1) is 5.82 Å². The molecule has 0 aromatic heterocycles. The lowest BCUT2D eigenvalue weighted by atomic mass is 10.0. The highest BCUT2D eigenvalue weighted by molar-refractivity contribution is 7.89. The van der Waals surface area contributed by atoms with Crippen molar-refractivity contribution in [1.29, 1.82) is 0 Å². The first kappa shape index (κ1) is 22.2. The van der Waals surface area contributed by atoms with Gasteiger partial charge >= 0.3 is 5.97 Å². The minimum absolute atomic E-state index is 0.0591. The molecule has 1 heterocycles. The molecule has 3 N–H and O–H groups in total. The van der Waals surface area contributed by atoms with Crippen LogP contribution in [0.1, 0.15) is 22.0 Å². The summed E-state index contributed by atoms with van der Waals surface area (Å²) in [4.78, 5) is 14.2. The van der Waals surface area contributed by atoms with E-state index in [-0.39, 0.29) is 22.3 Å². The zero-order chi connectivity index (χ0) is 21.7. The molecule has 0 bridgehead atoms. The predicted octanol–water partition coefficient (Wildman–Crippen LogP) is 1.75. The molecule has 1 aliphatic heterocycles. The number of nitrogens with two attached hydrogens (primary N) is 1. The maximum absolute atomic E-state index is 13.4. The van der Waals surface area contributed by atoms with Gasteiger partial charge in [0.15, 0.2) is 0 Å². The van der Waals surface area contributed by atoms with Gasteiger partial charge in [-0.05, 0) is 35.9 Å². The molecule has 30 heavy (non-hydrogen) atoms. The number of nitrogens with zero attached hydrogens (tertiary/aromatic N) is 1. The minimum Gasteiger partial charge on any atom is -0.465 e. The van der Waals surface area contributed by atoms with Gasteiger partial charge in [-0.2, -0.15) is 0 Å². The Bertz CT molecular complexity index is 992. The summed E-state index contributed by atoms with van der Waals surface area (Å²) in [5.41, 5.74) is 1.38. The summed E-state index contributed by atoms with van der Waals surface area (Å²) in [6.45, 7) is 2.99. The summed E-state index contributed by atoms with van der Waals surface area (Å²) in [6, 6.07) is 10.1. The molecule has 1 fully saturated rings. The number of carbonyl (C=O) groups is 1. The quantitative estimate of drug-likeness (QED) is 0.635. The van der Waals surface area contributed by atoms with Crippen LogP contribution in [-0.4, -0.2) is 59.2 Å². The molecule has 0 spiro atoms. The second-order valence-electron chi connectivity index (χ2n) is 6.84. The first-order valence-electron chi connectivity index (χ1n) is 9.36. The predicted molar refractivity (Wildman–Crippen MR) is 109 cm³/mol. The van der Waals surface area contributed by atoms with Gasteiger partial charge < -0.3 is 14.8 Å². The number of primary sulfonamides is 1. The van der Waals surface area contributed by atoms with E-state index in [9.17, 15) is 17.6 Å². The lowest BCUT2D eigenvalue weighted by Gasteiger charge is -2.35. The Labute approximate surface area is 174 Å². The number of anilines is 1. The van der Waals surface area contributed by atoms with Crippen LogP contribution in [0.2, 0.25) is 0 Å². The van der Waals surface area contributed by atoms with Crippen LogP contribution in [0.4, 0.5) is 10.1 Å². The van der Waals surface area contributed by atoms with E-state index in [1.54, 1.807) is 12.1 Å². The van der Waals surface area contributed by atoms with E-state index in [1.165, 1.54) is 37.4 Å². The Kier molecular flexibility index (Phi) is 7.03. The van der Waals surface area contributed by atoms with Gasteiger partial charge in [-0.15, -0.1) is 0 Å². The summed E-state index contributed by atoms with van der Waals surface area (Å²) in [5, 5.41) is 8.38. The minimum atomic E-state index is -3.97. The van der Waals surface area contributed by atoms with Gasteiger partial charge in [0, 0.05) is 25.3 Å². The number of hydrogen-bond donors (Lipinski definition) is 2. The van der Waals surface area contributed by atoms with Crippen molar-refractivity contribution in [1.82, 2.24) is 4.90 Å². The summed E-state index contributed by atoms with van der Waals surface area (Å²) in [6.07, 6.45) is 0. The van der Waals surface area contributed by atoms with E-state index in [0.717, 1.165) is 5.56 Å². The topological polar surface area (TPSA) is 111 Å². The van der Waals surface area contributed by atoms with E-state index >= 15 is 0 Å². The van der Waals surface area contributed by atoms with Crippen LogP contribution in [0.15, 0.2) is 47.4 Å². The number of halogens is 1. The molecule has 2 aromatic rings. The summed E-state index contributed by atoms with van der Waals surface area (Å²) in [5.74, 6) is -1.01. The molecule has 0 saturated carbocycles. The monoisotopic (exact) mass is 437 g/mol. The first-order valence-corrected chi connectivity index (χ1v) is 10.9. The van der Waals surface area contributed by atoms with E-state index < -0.39 is 16.0 Å². The van der Waals surface area contributed by atoms with E-state index in [4.69, 9.17) is 14.6 Å². The number of carbonyl (C=O) groups excluding carboxylic acids is 1. The van der Waals surface area contributed by atoms with Crippen molar-refractivity contribution in [2.24, 2.45) is 5.14 Å². The molecule has 162 valence electrons. The fourth-order valence-electron chi connectivity index (χ4n) is 3.37. The smallest absolute Gasteiger partial charge is 0.340 e. The molecular formula is C20H24FN3O5S. The molecule has 3 rings (SSSR count). The number of sulfonamides is 1. The number of hydrogen-bond acceptors (Lipinski definition) is 7. The van der Waals surface area contributed by atoms with Crippen molar-refractivity contribution in [2.45, 2.75) is 10.9 Å². The van der Waals surface area contributed by atoms with Crippen LogP contribution in [-0.2, 0) is 19.5 Å². The van der Waals surface area contributed by atoms with Crippen molar-refractivity contribution in [2.75, 3.05) is 45.3 Å². The summed E-state index contributed by atoms with van der Waals surface area (Å²) in [7, 11) is -2.76. The Morgan fingerprint density at radius 3 is 2.50 bits per heavy atom. The largest absolute Gasteiger partial charge is 0.465 e. The second kappa shape index (κ2) is 9.52. The molecule has 1 saturated heterocycles. The summed E-state index contributed by atoms with van der Waals surface area (Å²) < 4.78 is 46.9. The summed E-state index contributed by atoms with van der Waals surface area (Å²) >= 11 is 0. The second-order valence-corrected chi connectivity index (χ2v) is 8.40. The lowest BCUT2D eigenvalue weighted by Crippen LogP contribution is -2.41. The van der Waals surface area contributed by atoms with Gasteiger partial charge in [-0.3, -0.25) is 4.90 Å². The van der Waals surface area contributed by atoms with Gasteiger partial charge in [-0.25, -0.2) is 22.7 Å². The average Bonchev–Trinajstić information content (AvgIpc) is 2.74. The number of esters is 1. The number of benzene rings is 2. The Balaban J connectivity index is 1.88. The van der Waals surface area contributed by atoms with E-state index in [2.05, 4.69) is 10.2 Å². The van der Waals surface area contributed by atoms with Crippen LogP contribution < -0.4 is 10.5 Å². The molecule has 10 heteroatoms. The van der Waals surface area contributed by atoms with Gasteiger partial charge in [0.25, 0.3) is 0 Å². The van der Waals surface area contributed by atoms with Crippen molar-refractivity contribution in [3.63, 3.8) is 0 Å². The molecule has 0 amide bonds. The molecule has 1 unspecified atom stereocenters. The van der Waals surface area contributed by atoms with E-state index in [1.807, 2.05) is 0 Å². The molecule has 1 atom stereocenters. The molecule has 8 nitrogen and oxygen atoms in total. The third-order valence-corrected chi connectivity index (χ3v) is 5.86. The fraction of sp³-hybridized carbons (Fsp3) is 0.350. The Hall–Kier alpha value is -2.53. The number of rotatable bonds is 7. The molecule has 0 radical (unpaired) electrons. The number of morpholine rings is 1. The van der Waals surface area contributed by atoms with Gasteiger partial charge in [0.05, 0.1) is 36.8 Å². The van der Waals surface area contributed by atoms with Crippen molar-refractivity contribution >= 4 is 21.7 Å². The molecule has 1 aliphatic rings. The average molecular weight is 437 g/mol. The Morgan fingerprint density at radius 2 is 1.90 bits per heavy atom. The molecule has 0 aliphatic carbocycles. The SMILES string of the molecule is COC(=O)c1cc(S(N)(=O)=O)ccc1NCC(c1ccc(F)cc1)N1CCOCC1. The zero-order valence-corrected chi connectivity index (χ0v) is 17.3. The standard InChI is InChI=1S/C20H24FN3O5S/c1-28-20(25)17-12-16(30(22,26)27)6-7-18(17)23-13-19(24-8-10-29-11-9-24)14-2-4-15(21)5-3-14/h2-7,12,19,23H,8-11,13H2,1H3,(H2,22,26,27). The number of nitrogens with one attached hydrogen (secondary N) is 1. The normalized spacial score (nSPS) is 16.1. The third-order valence-electron chi connectivity index (χ3n) is 4.95. The number of methoxy groups -OCH3 is 1. The van der Waals surface area contributed by atoms with Crippen molar-refractivity contribution < 1.29 is 27.1 Å². The first-order chi connectivity index (χ1) is 14.3. The highest BCUT2D eigenvalue weighted by atomic mass is 32.2. The van der Waals surface area contributed by atoms with Gasteiger partial charge in [0.2, 0.25) is 10.0 Å². The van der Waals surface area contributed by atoms with Crippen LogP contribution in [0.5, 0.6) is 0 Å². The Morgan fingerprint density at radius 1 is 1.23 bits per heavy atom. The zero-order valence-electron chi connectivity index (χ0n) is 16.5. The van der Waals surface area contributed by atoms with Gasteiger partial charge in [0.1, 0.15) is 5.82 Å². The molecule has 2 aromatic carbocycles.